The highest BCUT2D eigenvalue weighted by atomic mass is 16.5. The molecule has 6 heteroatoms. The van der Waals surface area contributed by atoms with Gasteiger partial charge in [0.25, 0.3) is 0 Å². The van der Waals surface area contributed by atoms with Crippen molar-refractivity contribution < 1.29 is 9.26 Å². The Hall–Kier alpha value is -0.980. The number of hydrogen-bond acceptors (Lipinski definition) is 6. The van der Waals surface area contributed by atoms with E-state index in [1.807, 2.05) is 0 Å². The first-order valence-corrected chi connectivity index (χ1v) is 8.14. The van der Waals surface area contributed by atoms with Crippen LogP contribution in [-0.4, -0.2) is 46.8 Å². The molecule has 1 saturated carbocycles. The highest BCUT2D eigenvalue weighted by Gasteiger charge is 2.27. The molecule has 3 rings (SSSR count). The molecule has 2 heterocycles. The van der Waals surface area contributed by atoms with Crippen LogP contribution in [0.15, 0.2) is 4.52 Å². The van der Waals surface area contributed by atoms with Crippen LogP contribution in [0.3, 0.4) is 0 Å². The van der Waals surface area contributed by atoms with E-state index in [0.717, 1.165) is 19.7 Å². The Morgan fingerprint density at radius 3 is 2.90 bits per heavy atom. The van der Waals surface area contributed by atoms with Gasteiger partial charge in [-0.2, -0.15) is 4.98 Å². The van der Waals surface area contributed by atoms with Crippen LogP contribution >= 0.6 is 0 Å². The molecule has 1 aliphatic carbocycles. The zero-order valence-corrected chi connectivity index (χ0v) is 13.0. The molecule has 1 aromatic heterocycles. The summed E-state index contributed by atoms with van der Waals surface area (Å²) in [7, 11) is 0. The Morgan fingerprint density at radius 1 is 1.33 bits per heavy atom. The minimum absolute atomic E-state index is 0.0647. The zero-order chi connectivity index (χ0) is 14.7. The lowest BCUT2D eigenvalue weighted by atomic mass is 10.2. The molecule has 1 N–H and O–H groups in total. The second-order valence-electron chi connectivity index (χ2n) is 6.36. The second-order valence-corrected chi connectivity index (χ2v) is 6.36. The monoisotopic (exact) mass is 294 g/mol. The second kappa shape index (κ2) is 6.85. The van der Waals surface area contributed by atoms with Crippen LogP contribution in [0.1, 0.15) is 57.3 Å². The Kier molecular flexibility index (Phi) is 4.87. The van der Waals surface area contributed by atoms with E-state index < -0.39 is 0 Å². The van der Waals surface area contributed by atoms with Crippen molar-refractivity contribution in [2.45, 2.75) is 64.3 Å². The molecule has 0 amide bonds. The van der Waals surface area contributed by atoms with Crippen molar-refractivity contribution in [3.8, 4) is 0 Å². The van der Waals surface area contributed by atoms with Gasteiger partial charge in [-0.05, 0) is 26.7 Å². The van der Waals surface area contributed by atoms with Crippen molar-refractivity contribution in [1.82, 2.24) is 20.4 Å². The van der Waals surface area contributed by atoms with Gasteiger partial charge in [-0.3, -0.25) is 4.90 Å². The van der Waals surface area contributed by atoms with Gasteiger partial charge in [-0.1, -0.05) is 18.0 Å². The smallest absolute Gasteiger partial charge is 0.240 e. The van der Waals surface area contributed by atoms with E-state index in [9.17, 15) is 0 Å². The molecule has 6 nitrogen and oxygen atoms in total. The van der Waals surface area contributed by atoms with Crippen LogP contribution in [0, 0.1) is 0 Å². The molecular formula is C15H26N4O2. The van der Waals surface area contributed by atoms with Gasteiger partial charge in [0, 0.05) is 25.2 Å². The van der Waals surface area contributed by atoms with E-state index in [-0.39, 0.29) is 6.10 Å². The molecule has 2 aliphatic rings. The fraction of sp³-hybridized carbons (Fsp3) is 0.867. The van der Waals surface area contributed by atoms with Crippen molar-refractivity contribution in [1.29, 1.82) is 0 Å². The normalized spacial score (nSPS) is 25.0. The molecule has 0 bridgehead atoms. The topological polar surface area (TPSA) is 63.4 Å². The third-order valence-corrected chi connectivity index (χ3v) is 4.50. The highest BCUT2D eigenvalue weighted by Crippen LogP contribution is 2.21. The quantitative estimate of drug-likeness (QED) is 0.894. The summed E-state index contributed by atoms with van der Waals surface area (Å²) in [6, 6.07) is 1.13. The number of morpholine rings is 1. The van der Waals surface area contributed by atoms with Gasteiger partial charge in [0.2, 0.25) is 11.7 Å². The lowest BCUT2D eigenvalue weighted by Gasteiger charge is -2.34. The molecule has 118 valence electrons. The third kappa shape index (κ3) is 3.81. The van der Waals surface area contributed by atoms with E-state index in [0.29, 0.717) is 30.3 Å². The van der Waals surface area contributed by atoms with Crippen LogP contribution in [0.5, 0.6) is 0 Å². The van der Waals surface area contributed by atoms with Crippen LogP contribution < -0.4 is 5.32 Å². The van der Waals surface area contributed by atoms with E-state index in [1.165, 1.54) is 25.7 Å². The minimum atomic E-state index is -0.0647. The molecule has 1 aromatic rings. The van der Waals surface area contributed by atoms with Crippen molar-refractivity contribution in [3.05, 3.63) is 11.7 Å². The van der Waals surface area contributed by atoms with Crippen molar-refractivity contribution in [2.75, 3.05) is 19.7 Å². The summed E-state index contributed by atoms with van der Waals surface area (Å²) in [6.45, 7) is 7.62. The lowest BCUT2D eigenvalue weighted by molar-refractivity contribution is -0.0450. The summed E-state index contributed by atoms with van der Waals surface area (Å²) in [5.41, 5.74) is 0. The SMILES string of the molecule is CC(C)N1CCOC(c2noc(CNC3CCCC3)n2)C1. The number of aromatic nitrogens is 2. The van der Waals surface area contributed by atoms with Gasteiger partial charge in [-0.25, -0.2) is 0 Å². The van der Waals surface area contributed by atoms with Crippen molar-refractivity contribution in [3.63, 3.8) is 0 Å². The highest BCUT2D eigenvalue weighted by molar-refractivity contribution is 4.95. The molecule has 1 atom stereocenters. The van der Waals surface area contributed by atoms with Crippen molar-refractivity contribution >= 4 is 0 Å². The van der Waals surface area contributed by atoms with Gasteiger partial charge in [0.1, 0.15) is 6.10 Å². The number of ether oxygens (including phenoxy) is 1. The lowest BCUT2D eigenvalue weighted by Crippen LogP contribution is -2.42. The van der Waals surface area contributed by atoms with Crippen LogP contribution in [0.4, 0.5) is 0 Å². The number of rotatable bonds is 5. The van der Waals surface area contributed by atoms with E-state index in [1.54, 1.807) is 0 Å². The van der Waals surface area contributed by atoms with Crippen molar-refractivity contribution in [2.24, 2.45) is 0 Å². The standard InChI is InChI=1S/C15H26N4O2/c1-11(2)19-7-8-20-13(10-19)15-17-14(21-18-15)9-16-12-5-3-4-6-12/h11-13,16H,3-10H2,1-2H3. The van der Waals surface area contributed by atoms with Gasteiger partial charge >= 0.3 is 0 Å². The number of nitrogens with zero attached hydrogens (tertiary/aromatic N) is 3. The molecule has 1 saturated heterocycles. The molecule has 0 aromatic carbocycles. The first kappa shape index (κ1) is 14.9. The largest absolute Gasteiger partial charge is 0.367 e. The van der Waals surface area contributed by atoms with E-state index in [2.05, 4.69) is 34.2 Å². The average molecular weight is 294 g/mol. The van der Waals surface area contributed by atoms with E-state index in [4.69, 9.17) is 9.26 Å². The van der Waals surface area contributed by atoms with Crippen LogP contribution in [0.2, 0.25) is 0 Å². The predicted molar refractivity (Wildman–Crippen MR) is 78.8 cm³/mol. The maximum atomic E-state index is 5.79. The fourth-order valence-electron chi connectivity index (χ4n) is 3.13. The summed E-state index contributed by atoms with van der Waals surface area (Å²) in [4.78, 5) is 6.89. The maximum Gasteiger partial charge on any atom is 0.240 e. The number of hydrogen-bond donors (Lipinski definition) is 1. The zero-order valence-electron chi connectivity index (χ0n) is 13.0. The molecule has 1 aliphatic heterocycles. The van der Waals surface area contributed by atoms with Crippen LogP contribution in [-0.2, 0) is 11.3 Å². The number of nitrogens with one attached hydrogen (secondary N) is 1. The Morgan fingerprint density at radius 2 is 2.14 bits per heavy atom. The van der Waals surface area contributed by atoms with E-state index >= 15 is 0 Å². The molecular weight excluding hydrogens is 268 g/mol. The Balaban J connectivity index is 1.53. The van der Waals surface area contributed by atoms with Gasteiger partial charge in [-0.15, -0.1) is 0 Å². The minimum Gasteiger partial charge on any atom is -0.367 e. The summed E-state index contributed by atoms with van der Waals surface area (Å²) in [5.74, 6) is 1.35. The Labute approximate surface area is 126 Å². The summed E-state index contributed by atoms with van der Waals surface area (Å²) >= 11 is 0. The Bertz CT molecular complexity index is 443. The fourth-order valence-corrected chi connectivity index (χ4v) is 3.13. The molecule has 0 spiro atoms. The first-order chi connectivity index (χ1) is 10.2. The van der Waals surface area contributed by atoms with Gasteiger partial charge in [0.05, 0.1) is 13.2 Å². The summed E-state index contributed by atoms with van der Waals surface area (Å²) in [6.07, 6.45) is 5.11. The summed E-state index contributed by atoms with van der Waals surface area (Å²) in [5, 5.41) is 7.59. The predicted octanol–water partition coefficient (Wildman–Crippen LogP) is 1.88. The first-order valence-electron chi connectivity index (χ1n) is 8.14. The summed E-state index contributed by atoms with van der Waals surface area (Å²) < 4.78 is 11.1. The molecule has 0 radical (unpaired) electrons. The molecule has 2 fully saturated rings. The average Bonchev–Trinajstić information content (AvgIpc) is 3.17. The third-order valence-electron chi connectivity index (χ3n) is 4.50. The molecule has 1 unspecified atom stereocenters. The van der Waals surface area contributed by atoms with Gasteiger partial charge < -0.3 is 14.6 Å². The molecule has 21 heavy (non-hydrogen) atoms. The van der Waals surface area contributed by atoms with Gasteiger partial charge in [0.15, 0.2) is 0 Å². The maximum absolute atomic E-state index is 5.79. The van der Waals surface area contributed by atoms with Crippen LogP contribution in [0.25, 0.3) is 0 Å².